The Bertz CT molecular complexity index is 735. The quantitative estimate of drug-likeness (QED) is 0.862. The van der Waals surface area contributed by atoms with E-state index in [1.807, 2.05) is 0 Å². The van der Waals surface area contributed by atoms with Gasteiger partial charge in [-0.2, -0.15) is 0 Å². The van der Waals surface area contributed by atoms with Gasteiger partial charge in [0.05, 0.1) is 18.9 Å². The molecule has 0 saturated carbocycles. The van der Waals surface area contributed by atoms with Crippen molar-refractivity contribution in [2.45, 2.75) is 26.4 Å². The third-order valence-electron chi connectivity index (χ3n) is 2.98. The maximum absolute atomic E-state index is 11.9. The molecule has 1 aromatic carbocycles. The van der Waals surface area contributed by atoms with Crippen molar-refractivity contribution in [3.8, 4) is 17.1 Å². The van der Waals surface area contributed by atoms with Gasteiger partial charge in [-0.25, -0.2) is 9.78 Å². The molecule has 134 valence electrons. The van der Waals surface area contributed by atoms with Crippen LogP contribution in [0, 0.1) is 0 Å². The summed E-state index contributed by atoms with van der Waals surface area (Å²) in [5.41, 5.74) is 0.616. The number of hydrogen-bond acceptors (Lipinski definition) is 6. The lowest BCUT2D eigenvalue weighted by atomic mass is 10.1. The zero-order chi connectivity index (χ0) is 18.4. The van der Waals surface area contributed by atoms with Gasteiger partial charge in [-0.15, -0.1) is 0 Å². The molecule has 1 heterocycles. The molecular formula is C17H21N3O5. The van der Waals surface area contributed by atoms with Gasteiger partial charge in [-0.3, -0.25) is 4.79 Å². The lowest BCUT2D eigenvalue weighted by Crippen LogP contribution is -2.37. The Hall–Kier alpha value is -3.03. The van der Waals surface area contributed by atoms with Gasteiger partial charge in [0.15, 0.2) is 12.2 Å². The van der Waals surface area contributed by atoms with Crippen molar-refractivity contribution in [3.05, 3.63) is 30.8 Å². The summed E-state index contributed by atoms with van der Waals surface area (Å²) in [5.74, 6) is 0.691. The molecule has 0 unspecified atom stereocenters. The van der Waals surface area contributed by atoms with Crippen molar-refractivity contribution in [2.24, 2.45) is 0 Å². The molecule has 0 atom stereocenters. The van der Waals surface area contributed by atoms with E-state index in [0.29, 0.717) is 22.8 Å². The number of anilines is 1. The zero-order valence-corrected chi connectivity index (χ0v) is 14.6. The molecule has 0 aliphatic heterocycles. The van der Waals surface area contributed by atoms with Gasteiger partial charge in [-0.1, -0.05) is 0 Å². The van der Waals surface area contributed by atoms with Crippen molar-refractivity contribution < 1.29 is 23.5 Å². The summed E-state index contributed by atoms with van der Waals surface area (Å²) in [7, 11) is 1.52. The van der Waals surface area contributed by atoms with E-state index in [2.05, 4.69) is 15.6 Å². The number of benzene rings is 1. The Balaban J connectivity index is 1.96. The molecule has 2 aromatic rings. The first-order valence-corrected chi connectivity index (χ1v) is 7.62. The number of nitrogens with one attached hydrogen (secondary N) is 2. The van der Waals surface area contributed by atoms with Crippen LogP contribution in [-0.4, -0.2) is 36.2 Å². The second-order valence-corrected chi connectivity index (χ2v) is 6.18. The van der Waals surface area contributed by atoms with Crippen LogP contribution in [0.3, 0.4) is 0 Å². The first-order valence-electron chi connectivity index (χ1n) is 7.62. The normalized spacial score (nSPS) is 10.9. The average molecular weight is 347 g/mol. The molecule has 2 rings (SSSR count). The fourth-order valence-electron chi connectivity index (χ4n) is 1.99. The summed E-state index contributed by atoms with van der Waals surface area (Å²) in [5, 5.41) is 5.07. The van der Waals surface area contributed by atoms with E-state index in [0.717, 1.165) is 0 Å². The molecule has 0 bridgehead atoms. The van der Waals surface area contributed by atoms with E-state index in [1.165, 1.54) is 13.5 Å². The zero-order valence-electron chi connectivity index (χ0n) is 14.6. The van der Waals surface area contributed by atoms with Crippen LogP contribution in [0.5, 0.6) is 5.75 Å². The van der Waals surface area contributed by atoms with Crippen LogP contribution >= 0.6 is 0 Å². The number of rotatable bonds is 5. The molecule has 25 heavy (non-hydrogen) atoms. The van der Waals surface area contributed by atoms with Crippen LogP contribution in [0.15, 0.2) is 35.2 Å². The predicted octanol–water partition coefficient (Wildman–Crippen LogP) is 2.81. The number of methoxy groups -OCH3 is 1. The Morgan fingerprint density at radius 1 is 1.28 bits per heavy atom. The largest absolute Gasteiger partial charge is 0.496 e. The maximum Gasteiger partial charge on any atom is 0.408 e. The minimum absolute atomic E-state index is 0.207. The molecule has 0 fully saturated rings. The monoisotopic (exact) mass is 347 g/mol. The van der Waals surface area contributed by atoms with Crippen molar-refractivity contribution in [1.29, 1.82) is 0 Å². The molecular weight excluding hydrogens is 326 g/mol. The summed E-state index contributed by atoms with van der Waals surface area (Å²) in [6.07, 6.45) is 2.24. The fraction of sp³-hybridized carbons (Fsp3) is 0.353. The van der Waals surface area contributed by atoms with Gasteiger partial charge >= 0.3 is 6.09 Å². The second kappa shape index (κ2) is 7.69. The van der Waals surface area contributed by atoms with E-state index in [9.17, 15) is 9.59 Å². The van der Waals surface area contributed by atoms with Crippen LogP contribution in [0.4, 0.5) is 10.5 Å². The summed E-state index contributed by atoms with van der Waals surface area (Å²) >= 11 is 0. The van der Waals surface area contributed by atoms with Crippen molar-refractivity contribution in [2.75, 3.05) is 19.0 Å². The van der Waals surface area contributed by atoms with Gasteiger partial charge in [-0.05, 0) is 32.9 Å². The molecule has 2 N–H and O–H groups in total. The SMILES string of the molecule is COc1cc(NC(=O)CNC(=O)OC(C)(C)C)ccc1-c1cnco1. The fourth-order valence-corrected chi connectivity index (χ4v) is 1.99. The van der Waals surface area contributed by atoms with Crippen molar-refractivity contribution in [3.63, 3.8) is 0 Å². The first kappa shape index (κ1) is 18.3. The maximum atomic E-state index is 11.9. The molecule has 0 aliphatic rings. The molecule has 2 amide bonds. The Labute approximate surface area is 145 Å². The highest BCUT2D eigenvalue weighted by molar-refractivity contribution is 5.94. The summed E-state index contributed by atoms with van der Waals surface area (Å²) in [6.45, 7) is 5.03. The number of nitrogens with zero attached hydrogens (tertiary/aromatic N) is 1. The lowest BCUT2D eigenvalue weighted by molar-refractivity contribution is -0.115. The lowest BCUT2D eigenvalue weighted by Gasteiger charge is -2.19. The van der Waals surface area contributed by atoms with Crippen molar-refractivity contribution >= 4 is 17.7 Å². The van der Waals surface area contributed by atoms with Crippen LogP contribution in [0.1, 0.15) is 20.8 Å². The van der Waals surface area contributed by atoms with Crippen LogP contribution < -0.4 is 15.4 Å². The number of carbonyl (C=O) groups is 2. The van der Waals surface area contributed by atoms with E-state index >= 15 is 0 Å². The molecule has 8 nitrogen and oxygen atoms in total. The number of aromatic nitrogens is 1. The Morgan fingerprint density at radius 3 is 2.64 bits per heavy atom. The summed E-state index contributed by atoms with van der Waals surface area (Å²) < 4.78 is 15.6. The van der Waals surface area contributed by atoms with Gasteiger partial charge in [0.2, 0.25) is 5.91 Å². The number of carbonyl (C=O) groups excluding carboxylic acids is 2. The first-order chi connectivity index (χ1) is 11.8. The van der Waals surface area contributed by atoms with Crippen molar-refractivity contribution in [1.82, 2.24) is 10.3 Å². The molecule has 1 aromatic heterocycles. The minimum atomic E-state index is -0.652. The van der Waals surface area contributed by atoms with Gasteiger partial charge in [0.1, 0.15) is 17.9 Å². The Kier molecular flexibility index (Phi) is 5.63. The predicted molar refractivity (Wildman–Crippen MR) is 91.4 cm³/mol. The van der Waals surface area contributed by atoms with E-state index in [1.54, 1.807) is 45.2 Å². The van der Waals surface area contributed by atoms with Gasteiger partial charge in [0.25, 0.3) is 0 Å². The Morgan fingerprint density at radius 2 is 2.04 bits per heavy atom. The minimum Gasteiger partial charge on any atom is -0.496 e. The average Bonchev–Trinajstić information content (AvgIpc) is 3.05. The second-order valence-electron chi connectivity index (χ2n) is 6.18. The molecule has 8 heteroatoms. The van der Waals surface area contributed by atoms with E-state index < -0.39 is 11.7 Å². The van der Waals surface area contributed by atoms with Crippen LogP contribution in [-0.2, 0) is 9.53 Å². The summed E-state index contributed by atoms with van der Waals surface area (Å²) in [4.78, 5) is 27.4. The van der Waals surface area contributed by atoms with Crippen LogP contribution in [0.2, 0.25) is 0 Å². The highest BCUT2D eigenvalue weighted by Crippen LogP contribution is 2.32. The highest BCUT2D eigenvalue weighted by Gasteiger charge is 2.17. The van der Waals surface area contributed by atoms with Gasteiger partial charge < -0.3 is 24.5 Å². The smallest absolute Gasteiger partial charge is 0.408 e. The highest BCUT2D eigenvalue weighted by atomic mass is 16.6. The third-order valence-corrected chi connectivity index (χ3v) is 2.98. The molecule has 0 saturated heterocycles. The summed E-state index contributed by atoms with van der Waals surface area (Å²) in [6, 6.07) is 5.10. The van der Waals surface area contributed by atoms with E-state index in [4.69, 9.17) is 13.9 Å². The number of oxazole rings is 1. The third kappa shape index (κ3) is 5.52. The standard InChI is InChI=1S/C17H21N3O5/c1-17(2,3)25-16(22)19-9-15(21)20-11-5-6-12(13(7-11)23-4)14-8-18-10-24-14/h5-8,10H,9H2,1-4H3,(H,19,22)(H,20,21). The van der Waals surface area contributed by atoms with Crippen LogP contribution in [0.25, 0.3) is 11.3 Å². The number of ether oxygens (including phenoxy) is 2. The van der Waals surface area contributed by atoms with Gasteiger partial charge in [0, 0.05) is 11.8 Å². The molecule has 0 radical (unpaired) electrons. The number of hydrogen-bond donors (Lipinski definition) is 2. The number of alkyl carbamates (subject to hydrolysis) is 1. The van der Waals surface area contributed by atoms with E-state index in [-0.39, 0.29) is 12.5 Å². The molecule has 0 aliphatic carbocycles. The molecule has 0 spiro atoms. The number of amides is 2. The topological polar surface area (TPSA) is 103 Å².